The lowest BCUT2D eigenvalue weighted by molar-refractivity contribution is -0.151. The molecule has 1 saturated heterocycles. The van der Waals surface area contributed by atoms with Gasteiger partial charge in [-0.05, 0) is 39.5 Å². The maximum atomic E-state index is 12.7. The van der Waals surface area contributed by atoms with Gasteiger partial charge in [-0.25, -0.2) is 4.98 Å². The second kappa shape index (κ2) is 8.88. The average molecular weight is 381 g/mol. The summed E-state index contributed by atoms with van der Waals surface area (Å²) >= 11 is 1.40. The second-order valence-electron chi connectivity index (χ2n) is 7.10. The predicted octanol–water partition coefficient (Wildman–Crippen LogP) is 2.74. The number of hydrogen-bond donors (Lipinski definition) is 1. The standard InChI is InChI=1S/C18H28N4O3S/c1-3-25-17(24)14-8-10-22(11-9-14)16(23)12(2)26-18-19-15(20-21-18)13-6-4-5-7-13/h12-14H,3-11H2,1-2H3,(H,19,20,21). The third-order valence-electron chi connectivity index (χ3n) is 5.28. The van der Waals surface area contributed by atoms with E-state index in [1.807, 2.05) is 18.7 Å². The number of esters is 1. The quantitative estimate of drug-likeness (QED) is 0.603. The Hall–Kier alpha value is -1.57. The Morgan fingerprint density at radius 3 is 2.62 bits per heavy atom. The molecule has 1 aromatic heterocycles. The molecule has 0 bridgehead atoms. The van der Waals surface area contributed by atoms with Crippen molar-refractivity contribution in [1.82, 2.24) is 20.1 Å². The van der Waals surface area contributed by atoms with E-state index < -0.39 is 0 Å². The average Bonchev–Trinajstić information content (AvgIpc) is 3.33. The van der Waals surface area contributed by atoms with Gasteiger partial charge in [0, 0.05) is 19.0 Å². The lowest BCUT2D eigenvalue weighted by Gasteiger charge is -2.32. The summed E-state index contributed by atoms with van der Waals surface area (Å²) in [5.74, 6) is 1.32. The summed E-state index contributed by atoms with van der Waals surface area (Å²) < 4.78 is 5.08. The molecule has 8 heteroatoms. The molecular formula is C18H28N4O3S. The summed E-state index contributed by atoms with van der Waals surface area (Å²) in [5.41, 5.74) is 0. The molecule has 144 valence electrons. The van der Waals surface area contributed by atoms with E-state index in [1.165, 1.54) is 37.4 Å². The van der Waals surface area contributed by atoms with Crippen molar-refractivity contribution in [2.24, 2.45) is 5.92 Å². The number of aromatic amines is 1. The molecule has 1 unspecified atom stereocenters. The highest BCUT2D eigenvalue weighted by Crippen LogP contribution is 2.33. The minimum absolute atomic E-state index is 0.0797. The fraction of sp³-hybridized carbons (Fsp3) is 0.778. The van der Waals surface area contributed by atoms with Gasteiger partial charge in [0.15, 0.2) is 0 Å². The maximum Gasteiger partial charge on any atom is 0.309 e. The summed E-state index contributed by atoms with van der Waals surface area (Å²) in [5, 5.41) is 7.73. The normalized spacial score (nSPS) is 20.3. The van der Waals surface area contributed by atoms with E-state index in [1.54, 1.807) is 0 Å². The van der Waals surface area contributed by atoms with Gasteiger partial charge in [-0.1, -0.05) is 24.6 Å². The molecule has 1 aliphatic carbocycles. The zero-order valence-electron chi connectivity index (χ0n) is 15.6. The number of nitrogens with one attached hydrogen (secondary N) is 1. The molecule has 7 nitrogen and oxygen atoms in total. The first kappa shape index (κ1) is 19.2. The second-order valence-corrected chi connectivity index (χ2v) is 8.40. The summed E-state index contributed by atoms with van der Waals surface area (Å²) in [6.07, 6.45) is 6.20. The Bertz CT molecular complexity index is 622. The van der Waals surface area contributed by atoms with Crippen LogP contribution in [0.15, 0.2) is 5.16 Å². The molecule has 1 saturated carbocycles. The van der Waals surface area contributed by atoms with Gasteiger partial charge < -0.3 is 9.64 Å². The van der Waals surface area contributed by atoms with E-state index >= 15 is 0 Å². The Balaban J connectivity index is 1.48. The van der Waals surface area contributed by atoms with Crippen molar-refractivity contribution in [1.29, 1.82) is 0 Å². The summed E-state index contributed by atoms with van der Waals surface area (Å²) in [4.78, 5) is 30.9. The van der Waals surface area contributed by atoms with Gasteiger partial charge in [0.1, 0.15) is 5.82 Å². The molecule has 3 rings (SSSR count). The molecule has 1 aliphatic heterocycles. The van der Waals surface area contributed by atoms with Crippen LogP contribution in [0.3, 0.4) is 0 Å². The number of likely N-dealkylation sites (tertiary alicyclic amines) is 1. The van der Waals surface area contributed by atoms with Crippen LogP contribution in [0.25, 0.3) is 0 Å². The van der Waals surface area contributed by atoms with Crippen LogP contribution in [0.4, 0.5) is 0 Å². The molecule has 2 fully saturated rings. The van der Waals surface area contributed by atoms with Crippen molar-refractivity contribution in [2.75, 3.05) is 19.7 Å². The zero-order chi connectivity index (χ0) is 18.5. The van der Waals surface area contributed by atoms with Crippen LogP contribution < -0.4 is 0 Å². The lowest BCUT2D eigenvalue weighted by atomic mass is 9.97. The van der Waals surface area contributed by atoms with Crippen LogP contribution in [0.5, 0.6) is 0 Å². The minimum Gasteiger partial charge on any atom is -0.466 e. The third-order valence-corrected chi connectivity index (χ3v) is 6.23. The fourth-order valence-corrected chi connectivity index (χ4v) is 4.57. The number of carbonyl (C=O) groups excluding carboxylic acids is 2. The van der Waals surface area contributed by atoms with Crippen molar-refractivity contribution in [3.05, 3.63) is 5.82 Å². The molecule has 1 amide bonds. The van der Waals surface area contributed by atoms with Gasteiger partial charge in [0.25, 0.3) is 0 Å². The number of aromatic nitrogens is 3. The number of hydrogen-bond acceptors (Lipinski definition) is 6. The van der Waals surface area contributed by atoms with E-state index in [0.717, 1.165) is 5.82 Å². The molecule has 26 heavy (non-hydrogen) atoms. The number of H-pyrrole nitrogens is 1. The number of carbonyl (C=O) groups is 2. The number of piperidine rings is 1. The van der Waals surface area contributed by atoms with Gasteiger partial charge in [0.05, 0.1) is 17.8 Å². The first-order valence-corrected chi connectivity index (χ1v) is 10.5. The number of rotatable bonds is 6. The highest BCUT2D eigenvalue weighted by molar-refractivity contribution is 8.00. The Labute approximate surface area is 158 Å². The molecular weight excluding hydrogens is 352 g/mol. The first-order chi connectivity index (χ1) is 12.6. The largest absolute Gasteiger partial charge is 0.466 e. The first-order valence-electron chi connectivity index (χ1n) is 9.62. The predicted molar refractivity (Wildman–Crippen MR) is 98.8 cm³/mol. The number of ether oxygens (including phenoxy) is 1. The molecule has 1 aromatic rings. The van der Waals surface area contributed by atoms with Gasteiger partial charge in [-0.2, -0.15) is 0 Å². The highest BCUT2D eigenvalue weighted by atomic mass is 32.2. The van der Waals surface area contributed by atoms with Crippen LogP contribution >= 0.6 is 11.8 Å². The van der Waals surface area contributed by atoms with Crippen LogP contribution in [0, 0.1) is 5.92 Å². The van der Waals surface area contributed by atoms with Crippen LogP contribution in [-0.4, -0.2) is 56.9 Å². The topological polar surface area (TPSA) is 88.2 Å². The van der Waals surface area contributed by atoms with E-state index in [9.17, 15) is 9.59 Å². The molecule has 1 N–H and O–H groups in total. The number of thioether (sulfide) groups is 1. The molecule has 0 aromatic carbocycles. The summed E-state index contributed by atoms with van der Waals surface area (Å²) in [6, 6.07) is 0. The fourth-order valence-electron chi connectivity index (χ4n) is 3.75. The van der Waals surface area contributed by atoms with E-state index in [4.69, 9.17) is 4.74 Å². The van der Waals surface area contributed by atoms with Crippen LogP contribution in [0.1, 0.15) is 64.1 Å². The third kappa shape index (κ3) is 4.58. The zero-order valence-corrected chi connectivity index (χ0v) is 16.4. The number of nitrogens with zero attached hydrogens (tertiary/aromatic N) is 3. The minimum atomic E-state index is -0.235. The highest BCUT2D eigenvalue weighted by Gasteiger charge is 2.31. The Morgan fingerprint density at radius 1 is 1.27 bits per heavy atom. The Kier molecular flexibility index (Phi) is 6.56. The lowest BCUT2D eigenvalue weighted by Crippen LogP contribution is -2.43. The smallest absolute Gasteiger partial charge is 0.309 e. The van der Waals surface area contributed by atoms with E-state index in [-0.39, 0.29) is 23.0 Å². The van der Waals surface area contributed by atoms with Crippen molar-refractivity contribution >= 4 is 23.6 Å². The Morgan fingerprint density at radius 2 is 1.96 bits per heavy atom. The van der Waals surface area contributed by atoms with Gasteiger partial charge >= 0.3 is 5.97 Å². The molecule has 0 spiro atoms. The van der Waals surface area contributed by atoms with Gasteiger partial charge in [-0.15, -0.1) is 5.10 Å². The monoisotopic (exact) mass is 380 g/mol. The van der Waals surface area contributed by atoms with Crippen molar-refractivity contribution in [2.45, 2.75) is 68.7 Å². The van der Waals surface area contributed by atoms with Crippen molar-refractivity contribution in [3.8, 4) is 0 Å². The van der Waals surface area contributed by atoms with Crippen molar-refractivity contribution in [3.63, 3.8) is 0 Å². The van der Waals surface area contributed by atoms with Crippen molar-refractivity contribution < 1.29 is 14.3 Å². The molecule has 0 radical (unpaired) electrons. The van der Waals surface area contributed by atoms with E-state index in [0.29, 0.717) is 43.6 Å². The number of amides is 1. The van der Waals surface area contributed by atoms with Gasteiger partial charge in [-0.3, -0.25) is 14.7 Å². The van der Waals surface area contributed by atoms with Crippen LogP contribution in [-0.2, 0) is 14.3 Å². The molecule has 1 atom stereocenters. The van der Waals surface area contributed by atoms with Gasteiger partial charge in [0.2, 0.25) is 11.1 Å². The summed E-state index contributed by atoms with van der Waals surface area (Å²) in [7, 11) is 0. The SMILES string of the molecule is CCOC(=O)C1CCN(C(=O)C(C)Sc2n[nH]c(C3CCCC3)n2)CC1. The molecule has 2 aliphatic rings. The molecule has 2 heterocycles. The summed E-state index contributed by atoms with van der Waals surface area (Å²) in [6.45, 7) is 5.33. The van der Waals surface area contributed by atoms with Crippen LogP contribution in [0.2, 0.25) is 0 Å². The maximum absolute atomic E-state index is 12.7. The van der Waals surface area contributed by atoms with E-state index in [2.05, 4.69) is 15.2 Å².